The molecule has 3 saturated heterocycles. The fourth-order valence-corrected chi connectivity index (χ4v) is 2.95. The van der Waals surface area contributed by atoms with Crippen LogP contribution < -0.4 is 5.32 Å². The molecule has 0 saturated carbocycles. The van der Waals surface area contributed by atoms with Crippen molar-refractivity contribution in [3.8, 4) is 12.3 Å². The lowest BCUT2D eigenvalue weighted by atomic mass is 9.76. The summed E-state index contributed by atoms with van der Waals surface area (Å²) in [5, 5.41) is 2.72. The highest BCUT2D eigenvalue weighted by atomic mass is 16.5. The van der Waals surface area contributed by atoms with Crippen molar-refractivity contribution in [3.05, 3.63) is 0 Å². The van der Waals surface area contributed by atoms with Crippen molar-refractivity contribution in [2.45, 2.75) is 32.2 Å². The zero-order valence-corrected chi connectivity index (χ0v) is 11.0. The number of carbonyl (C=O) groups excluding carboxylic acids is 1. The molecule has 0 aromatic heterocycles. The van der Waals surface area contributed by atoms with Crippen molar-refractivity contribution in [2.24, 2.45) is 11.8 Å². The minimum absolute atomic E-state index is 0.298. The van der Waals surface area contributed by atoms with Gasteiger partial charge in [0.05, 0.1) is 0 Å². The van der Waals surface area contributed by atoms with E-state index < -0.39 is 0 Å². The molecule has 3 fully saturated rings. The Hall–Kier alpha value is -1.21. The molecule has 3 heterocycles. The second-order valence-corrected chi connectivity index (χ2v) is 5.23. The number of carbonyl (C=O) groups is 1. The van der Waals surface area contributed by atoms with Gasteiger partial charge in [-0.15, -0.1) is 12.3 Å². The average Bonchev–Trinajstić information content (AvgIpc) is 2.43. The Kier molecular flexibility index (Phi) is 4.48. The van der Waals surface area contributed by atoms with E-state index in [1.165, 1.54) is 6.42 Å². The minimum atomic E-state index is -0.298. The number of ether oxygens (including phenoxy) is 1. The molecule has 100 valence electrons. The first-order valence-electron chi connectivity index (χ1n) is 6.85. The predicted octanol–water partition coefficient (Wildman–Crippen LogP) is 1.47. The van der Waals surface area contributed by atoms with Crippen molar-refractivity contribution in [2.75, 3.05) is 26.2 Å². The van der Waals surface area contributed by atoms with Crippen LogP contribution in [-0.2, 0) is 4.74 Å². The van der Waals surface area contributed by atoms with E-state index in [2.05, 4.69) is 16.1 Å². The number of alkyl carbamates (subject to hydrolysis) is 1. The zero-order valence-electron chi connectivity index (χ0n) is 11.0. The molecule has 18 heavy (non-hydrogen) atoms. The van der Waals surface area contributed by atoms with Crippen LogP contribution >= 0.6 is 0 Å². The normalized spacial score (nSPS) is 33.8. The van der Waals surface area contributed by atoms with E-state index in [0.29, 0.717) is 31.0 Å². The molecule has 0 aromatic carbocycles. The standard InChI is InChI=1S/C14H22N2O2/c1-3-6-15-14(17)18-10-13-8-12-5-7-16(13)9-11(12)4-2/h2,11-13H,3,5-10H2,1H3,(H,15,17). The Bertz CT molecular complexity index is 337. The molecule has 2 bridgehead atoms. The van der Waals surface area contributed by atoms with Crippen LogP contribution in [0, 0.1) is 24.2 Å². The molecule has 4 nitrogen and oxygen atoms in total. The SMILES string of the molecule is C#CC1CN2CCC1CC2COC(=O)NCCC. The van der Waals surface area contributed by atoms with Crippen LogP contribution in [0.2, 0.25) is 0 Å². The van der Waals surface area contributed by atoms with Crippen LogP contribution in [0.3, 0.4) is 0 Å². The molecule has 3 rings (SSSR count). The molecule has 0 aromatic rings. The van der Waals surface area contributed by atoms with E-state index in [9.17, 15) is 4.79 Å². The van der Waals surface area contributed by atoms with Crippen LogP contribution in [-0.4, -0.2) is 43.3 Å². The maximum Gasteiger partial charge on any atom is 0.407 e. The van der Waals surface area contributed by atoms with Gasteiger partial charge >= 0.3 is 6.09 Å². The number of rotatable bonds is 4. The first-order valence-corrected chi connectivity index (χ1v) is 6.85. The summed E-state index contributed by atoms with van der Waals surface area (Å²) in [6, 6.07) is 0.362. The van der Waals surface area contributed by atoms with Gasteiger partial charge < -0.3 is 10.1 Å². The Morgan fingerprint density at radius 2 is 2.44 bits per heavy atom. The highest BCUT2D eigenvalue weighted by molar-refractivity contribution is 5.67. The Labute approximate surface area is 109 Å². The van der Waals surface area contributed by atoms with Crippen LogP contribution in [0.4, 0.5) is 4.79 Å². The van der Waals surface area contributed by atoms with Crippen LogP contribution in [0.5, 0.6) is 0 Å². The van der Waals surface area contributed by atoms with Gasteiger partial charge in [-0.25, -0.2) is 4.79 Å². The average molecular weight is 250 g/mol. The summed E-state index contributed by atoms with van der Waals surface area (Å²) in [6.45, 7) is 5.24. The first-order chi connectivity index (χ1) is 8.74. The van der Waals surface area contributed by atoms with Crippen molar-refractivity contribution in [3.63, 3.8) is 0 Å². The van der Waals surface area contributed by atoms with Gasteiger partial charge in [-0.2, -0.15) is 0 Å². The van der Waals surface area contributed by atoms with E-state index in [1.54, 1.807) is 0 Å². The summed E-state index contributed by atoms with van der Waals surface area (Å²) in [4.78, 5) is 13.8. The summed E-state index contributed by atoms with van der Waals surface area (Å²) in [5.41, 5.74) is 0. The lowest BCUT2D eigenvalue weighted by molar-refractivity contribution is -0.00847. The number of terminal acetylenes is 1. The Balaban J connectivity index is 1.75. The summed E-state index contributed by atoms with van der Waals surface area (Å²) in [7, 11) is 0. The van der Waals surface area contributed by atoms with E-state index >= 15 is 0 Å². The predicted molar refractivity (Wildman–Crippen MR) is 70.0 cm³/mol. The van der Waals surface area contributed by atoms with Gasteiger partial charge in [0.2, 0.25) is 0 Å². The molecule has 1 amide bonds. The Morgan fingerprint density at radius 3 is 3.06 bits per heavy atom. The zero-order chi connectivity index (χ0) is 13.0. The third-order valence-electron chi connectivity index (χ3n) is 4.02. The van der Waals surface area contributed by atoms with Gasteiger partial charge in [-0.1, -0.05) is 6.92 Å². The fourth-order valence-electron chi connectivity index (χ4n) is 2.95. The maximum atomic E-state index is 11.4. The smallest absolute Gasteiger partial charge is 0.407 e. The number of amides is 1. The van der Waals surface area contributed by atoms with Crippen molar-refractivity contribution in [1.29, 1.82) is 0 Å². The minimum Gasteiger partial charge on any atom is -0.448 e. The van der Waals surface area contributed by atoms with Gasteiger partial charge in [0.15, 0.2) is 0 Å². The van der Waals surface area contributed by atoms with Crippen LogP contribution in [0.15, 0.2) is 0 Å². The van der Waals surface area contributed by atoms with E-state index in [0.717, 1.165) is 25.9 Å². The quantitative estimate of drug-likeness (QED) is 0.768. The molecule has 0 radical (unpaired) electrons. The number of nitrogens with zero attached hydrogens (tertiary/aromatic N) is 1. The number of fused-ring (bicyclic) bond motifs is 3. The van der Waals surface area contributed by atoms with Gasteiger partial charge in [0.25, 0.3) is 0 Å². The second-order valence-electron chi connectivity index (χ2n) is 5.23. The third kappa shape index (κ3) is 2.97. The summed E-state index contributed by atoms with van der Waals surface area (Å²) < 4.78 is 5.26. The Morgan fingerprint density at radius 1 is 1.61 bits per heavy atom. The lowest BCUT2D eigenvalue weighted by Crippen LogP contribution is -2.54. The first kappa shape index (κ1) is 13.2. The molecule has 0 spiro atoms. The molecule has 1 N–H and O–H groups in total. The van der Waals surface area contributed by atoms with Gasteiger partial charge in [0, 0.05) is 25.0 Å². The lowest BCUT2D eigenvalue weighted by Gasteiger charge is -2.48. The molecular formula is C14H22N2O2. The molecule has 3 aliphatic heterocycles. The van der Waals surface area contributed by atoms with E-state index in [4.69, 9.17) is 11.2 Å². The molecule has 4 heteroatoms. The number of hydrogen-bond acceptors (Lipinski definition) is 3. The third-order valence-corrected chi connectivity index (χ3v) is 4.02. The molecule has 4 unspecified atom stereocenters. The molecular weight excluding hydrogens is 228 g/mol. The van der Waals surface area contributed by atoms with Crippen LogP contribution in [0.25, 0.3) is 0 Å². The van der Waals surface area contributed by atoms with Crippen LogP contribution in [0.1, 0.15) is 26.2 Å². The van der Waals surface area contributed by atoms with E-state index in [1.807, 2.05) is 6.92 Å². The number of hydrogen-bond donors (Lipinski definition) is 1. The van der Waals surface area contributed by atoms with Crippen molar-refractivity contribution < 1.29 is 9.53 Å². The highest BCUT2D eigenvalue weighted by Crippen LogP contribution is 2.35. The summed E-state index contributed by atoms with van der Waals surface area (Å²) in [5.74, 6) is 3.90. The van der Waals surface area contributed by atoms with E-state index in [-0.39, 0.29) is 6.09 Å². The molecule has 4 atom stereocenters. The number of nitrogens with one attached hydrogen (secondary N) is 1. The highest BCUT2D eigenvalue weighted by Gasteiger charge is 2.39. The summed E-state index contributed by atoms with van der Waals surface area (Å²) >= 11 is 0. The second kappa shape index (κ2) is 6.10. The van der Waals surface area contributed by atoms with Crippen molar-refractivity contribution >= 4 is 6.09 Å². The monoisotopic (exact) mass is 250 g/mol. The molecule has 0 aliphatic carbocycles. The largest absolute Gasteiger partial charge is 0.448 e. The van der Waals surface area contributed by atoms with Gasteiger partial charge in [-0.3, -0.25) is 4.90 Å². The fraction of sp³-hybridized carbons (Fsp3) is 0.786. The number of piperidine rings is 3. The van der Waals surface area contributed by atoms with Gasteiger partial charge in [-0.05, 0) is 31.7 Å². The van der Waals surface area contributed by atoms with Gasteiger partial charge in [0.1, 0.15) is 6.61 Å². The topological polar surface area (TPSA) is 41.6 Å². The maximum absolute atomic E-state index is 11.4. The summed E-state index contributed by atoms with van der Waals surface area (Å²) in [6.07, 6.45) is 8.42. The van der Waals surface area contributed by atoms with Crippen molar-refractivity contribution in [1.82, 2.24) is 10.2 Å². The molecule has 3 aliphatic rings.